The SMILES string of the molecule is CC(=O)N/C=C/CC(N)=O. The fraction of sp³-hybridized carbons (Fsp3) is 0.333. The quantitative estimate of drug-likeness (QED) is 0.558. The number of hydrogen-bond acceptors (Lipinski definition) is 2. The molecule has 4 heteroatoms. The van der Waals surface area contributed by atoms with Crippen LogP contribution in [0.4, 0.5) is 0 Å². The van der Waals surface area contributed by atoms with Gasteiger partial charge in [-0.3, -0.25) is 9.59 Å². The molecule has 56 valence electrons. The fourth-order valence-electron chi connectivity index (χ4n) is 0.351. The highest BCUT2D eigenvalue weighted by Crippen LogP contribution is 1.77. The maximum absolute atomic E-state index is 10.2. The lowest BCUT2D eigenvalue weighted by Gasteiger charge is -1.88. The van der Waals surface area contributed by atoms with E-state index in [0.29, 0.717) is 0 Å². The lowest BCUT2D eigenvalue weighted by atomic mass is 10.4. The normalized spacial score (nSPS) is 9.70. The molecular formula is C6H10N2O2. The van der Waals surface area contributed by atoms with Crippen LogP contribution in [0.25, 0.3) is 0 Å². The van der Waals surface area contributed by atoms with E-state index in [1.807, 2.05) is 0 Å². The Morgan fingerprint density at radius 2 is 2.20 bits per heavy atom. The molecule has 0 aliphatic rings. The predicted octanol–water partition coefficient (Wildman–Crippen LogP) is -0.488. The molecule has 0 aromatic carbocycles. The van der Waals surface area contributed by atoms with E-state index in [1.54, 1.807) is 0 Å². The largest absolute Gasteiger partial charge is 0.369 e. The molecule has 0 saturated heterocycles. The van der Waals surface area contributed by atoms with E-state index in [-0.39, 0.29) is 12.3 Å². The molecule has 0 saturated carbocycles. The van der Waals surface area contributed by atoms with Crippen molar-refractivity contribution in [1.29, 1.82) is 0 Å². The molecule has 0 heterocycles. The standard InChI is InChI=1S/C6H10N2O2/c1-5(9)8-4-2-3-6(7)10/h2,4H,3H2,1H3,(H2,7,10)(H,8,9)/b4-2+. The second-order valence-corrected chi connectivity index (χ2v) is 1.77. The Morgan fingerprint density at radius 3 is 2.60 bits per heavy atom. The third-order valence-corrected chi connectivity index (χ3v) is 0.723. The number of carbonyl (C=O) groups is 2. The third-order valence-electron chi connectivity index (χ3n) is 0.723. The zero-order valence-corrected chi connectivity index (χ0v) is 5.76. The Labute approximate surface area is 59.1 Å². The summed E-state index contributed by atoms with van der Waals surface area (Å²) < 4.78 is 0. The molecule has 0 aliphatic heterocycles. The molecule has 0 atom stereocenters. The summed E-state index contributed by atoms with van der Waals surface area (Å²) in [5.74, 6) is -0.581. The lowest BCUT2D eigenvalue weighted by Crippen LogP contribution is -2.13. The number of carbonyl (C=O) groups excluding carboxylic acids is 2. The summed E-state index contributed by atoms with van der Waals surface area (Å²) in [5.41, 5.74) is 4.81. The van der Waals surface area contributed by atoms with Crippen molar-refractivity contribution in [3.8, 4) is 0 Å². The minimum Gasteiger partial charge on any atom is -0.369 e. The van der Waals surface area contributed by atoms with Gasteiger partial charge in [0.15, 0.2) is 0 Å². The van der Waals surface area contributed by atoms with Gasteiger partial charge >= 0.3 is 0 Å². The smallest absolute Gasteiger partial charge is 0.221 e. The zero-order chi connectivity index (χ0) is 7.98. The number of nitrogens with one attached hydrogen (secondary N) is 1. The maximum atomic E-state index is 10.2. The minimum absolute atomic E-state index is 0.153. The minimum atomic E-state index is -0.415. The summed E-state index contributed by atoms with van der Waals surface area (Å²) in [4.78, 5) is 20.3. The van der Waals surface area contributed by atoms with Crippen LogP contribution in [0.5, 0.6) is 0 Å². The molecular weight excluding hydrogens is 132 g/mol. The van der Waals surface area contributed by atoms with E-state index < -0.39 is 5.91 Å². The number of rotatable bonds is 3. The van der Waals surface area contributed by atoms with Crippen LogP contribution in [0.3, 0.4) is 0 Å². The van der Waals surface area contributed by atoms with Gasteiger partial charge in [-0.05, 0) is 0 Å². The van der Waals surface area contributed by atoms with Gasteiger partial charge in [-0.1, -0.05) is 6.08 Å². The van der Waals surface area contributed by atoms with Gasteiger partial charge in [-0.25, -0.2) is 0 Å². The highest BCUT2D eigenvalue weighted by molar-refractivity contribution is 5.76. The molecule has 3 N–H and O–H groups in total. The van der Waals surface area contributed by atoms with Crippen LogP contribution in [-0.2, 0) is 9.59 Å². The highest BCUT2D eigenvalue weighted by Gasteiger charge is 1.86. The summed E-state index contributed by atoms with van der Waals surface area (Å²) in [6.45, 7) is 1.38. The zero-order valence-electron chi connectivity index (χ0n) is 5.76. The molecule has 0 aliphatic carbocycles. The average Bonchev–Trinajstić information content (AvgIpc) is 1.79. The van der Waals surface area contributed by atoms with E-state index in [2.05, 4.69) is 5.32 Å². The molecule has 0 bridgehead atoms. The van der Waals surface area contributed by atoms with Crippen LogP contribution in [-0.4, -0.2) is 11.8 Å². The molecule has 0 aromatic heterocycles. The summed E-state index contributed by atoms with van der Waals surface area (Å²) in [6, 6.07) is 0. The van der Waals surface area contributed by atoms with E-state index in [1.165, 1.54) is 19.2 Å². The summed E-state index contributed by atoms with van der Waals surface area (Å²) >= 11 is 0. The van der Waals surface area contributed by atoms with Crippen LogP contribution in [0.2, 0.25) is 0 Å². The van der Waals surface area contributed by atoms with Gasteiger partial charge in [0.25, 0.3) is 0 Å². The van der Waals surface area contributed by atoms with Gasteiger partial charge in [-0.15, -0.1) is 0 Å². The number of hydrogen-bond donors (Lipinski definition) is 2. The van der Waals surface area contributed by atoms with Gasteiger partial charge in [0, 0.05) is 19.5 Å². The van der Waals surface area contributed by atoms with Gasteiger partial charge in [-0.2, -0.15) is 0 Å². The molecule has 0 rings (SSSR count). The lowest BCUT2D eigenvalue weighted by molar-refractivity contribution is -0.118. The molecule has 0 spiro atoms. The summed E-state index contributed by atoms with van der Waals surface area (Å²) in [6.07, 6.45) is 3.04. The van der Waals surface area contributed by atoms with Gasteiger partial charge in [0.2, 0.25) is 11.8 Å². The first-order valence-electron chi connectivity index (χ1n) is 2.83. The van der Waals surface area contributed by atoms with E-state index in [0.717, 1.165) is 0 Å². The average molecular weight is 142 g/mol. The first-order chi connectivity index (χ1) is 4.63. The molecule has 10 heavy (non-hydrogen) atoms. The Kier molecular flexibility index (Phi) is 3.95. The maximum Gasteiger partial charge on any atom is 0.221 e. The van der Waals surface area contributed by atoms with Gasteiger partial charge < -0.3 is 11.1 Å². The Morgan fingerprint density at radius 1 is 1.60 bits per heavy atom. The number of amides is 2. The monoisotopic (exact) mass is 142 g/mol. The third kappa shape index (κ3) is 6.68. The predicted molar refractivity (Wildman–Crippen MR) is 36.8 cm³/mol. The van der Waals surface area contributed by atoms with Crippen molar-refractivity contribution < 1.29 is 9.59 Å². The van der Waals surface area contributed by atoms with Crippen molar-refractivity contribution in [2.75, 3.05) is 0 Å². The van der Waals surface area contributed by atoms with Crippen molar-refractivity contribution in [3.63, 3.8) is 0 Å². The van der Waals surface area contributed by atoms with Crippen LogP contribution in [0.1, 0.15) is 13.3 Å². The summed E-state index contributed by atoms with van der Waals surface area (Å²) in [7, 11) is 0. The second kappa shape index (κ2) is 4.55. The van der Waals surface area contributed by atoms with Crippen LogP contribution < -0.4 is 11.1 Å². The second-order valence-electron chi connectivity index (χ2n) is 1.77. The van der Waals surface area contributed by atoms with Crippen LogP contribution in [0, 0.1) is 0 Å². The molecule has 0 radical (unpaired) electrons. The highest BCUT2D eigenvalue weighted by atomic mass is 16.1. The van der Waals surface area contributed by atoms with Crippen molar-refractivity contribution in [2.45, 2.75) is 13.3 Å². The van der Waals surface area contributed by atoms with Crippen molar-refractivity contribution >= 4 is 11.8 Å². The van der Waals surface area contributed by atoms with Crippen LogP contribution >= 0.6 is 0 Å². The number of nitrogens with two attached hydrogens (primary N) is 1. The number of primary amides is 1. The van der Waals surface area contributed by atoms with E-state index in [4.69, 9.17) is 5.73 Å². The van der Waals surface area contributed by atoms with Crippen molar-refractivity contribution in [1.82, 2.24) is 5.32 Å². The molecule has 2 amide bonds. The van der Waals surface area contributed by atoms with Crippen molar-refractivity contribution in [2.24, 2.45) is 5.73 Å². The van der Waals surface area contributed by atoms with Crippen molar-refractivity contribution in [3.05, 3.63) is 12.3 Å². The molecule has 4 nitrogen and oxygen atoms in total. The first kappa shape index (κ1) is 8.68. The Bertz CT molecular complexity index is 145. The summed E-state index contributed by atoms with van der Waals surface area (Å²) in [5, 5.41) is 2.37. The Hall–Kier alpha value is -1.32. The first-order valence-corrected chi connectivity index (χ1v) is 2.83. The molecule has 0 unspecified atom stereocenters. The fourth-order valence-corrected chi connectivity index (χ4v) is 0.351. The van der Waals surface area contributed by atoms with Gasteiger partial charge in [0.1, 0.15) is 0 Å². The molecule has 0 fully saturated rings. The van der Waals surface area contributed by atoms with E-state index >= 15 is 0 Å². The van der Waals surface area contributed by atoms with Crippen LogP contribution in [0.15, 0.2) is 12.3 Å². The topological polar surface area (TPSA) is 72.2 Å². The van der Waals surface area contributed by atoms with E-state index in [9.17, 15) is 9.59 Å². The van der Waals surface area contributed by atoms with Gasteiger partial charge in [0.05, 0.1) is 0 Å². The molecule has 0 aromatic rings. The Balaban J connectivity index is 3.38.